The van der Waals surface area contributed by atoms with Crippen molar-refractivity contribution in [2.24, 2.45) is 5.73 Å². The molecule has 0 saturated heterocycles. The van der Waals surface area contributed by atoms with E-state index in [2.05, 4.69) is 10.3 Å². The first-order valence-electron chi connectivity index (χ1n) is 3.85. The van der Waals surface area contributed by atoms with Gasteiger partial charge in [0.05, 0.1) is 5.51 Å². The molecule has 6 nitrogen and oxygen atoms in total. The number of thiazole rings is 1. The summed E-state index contributed by atoms with van der Waals surface area (Å²) in [6, 6.07) is -0.788. The summed E-state index contributed by atoms with van der Waals surface area (Å²) in [4.78, 5) is 26.5. The lowest BCUT2D eigenvalue weighted by Gasteiger charge is -2.09. The number of nitrogens with two attached hydrogens (primary N) is 1. The maximum absolute atomic E-state index is 11.5. The molecule has 2 heterocycles. The van der Waals surface area contributed by atoms with Crippen LogP contribution in [0.25, 0.3) is 0 Å². The largest absolute Gasteiger partial charge is 0.474 e. The van der Waals surface area contributed by atoms with Gasteiger partial charge in [-0.3, -0.25) is 9.59 Å². The van der Waals surface area contributed by atoms with E-state index in [-0.39, 0.29) is 18.4 Å². The molecule has 0 spiro atoms. The fourth-order valence-electron chi connectivity index (χ4n) is 1.07. The minimum Gasteiger partial charge on any atom is -0.474 e. The van der Waals surface area contributed by atoms with Crippen LogP contribution >= 0.6 is 11.3 Å². The normalized spacial score (nSPS) is 20.3. The molecular weight excluding hydrogens is 206 g/mol. The number of aromatic nitrogens is 1. The smallest absolute Gasteiger partial charge is 0.267 e. The molecule has 2 amide bonds. The third-order valence-corrected chi connectivity index (χ3v) is 2.58. The quantitative estimate of drug-likeness (QED) is 0.633. The fraction of sp³-hybridized carbons (Fsp3) is 0.286. The maximum atomic E-state index is 11.5. The summed E-state index contributed by atoms with van der Waals surface area (Å²) in [5.74, 6) is -0.728. The van der Waals surface area contributed by atoms with Crippen LogP contribution < -0.4 is 15.8 Å². The van der Waals surface area contributed by atoms with Gasteiger partial charge < -0.3 is 15.8 Å². The summed E-state index contributed by atoms with van der Waals surface area (Å²) in [6.45, 7) is 0.0256. The number of ether oxygens (including phenoxy) is 1. The highest BCUT2D eigenvalue weighted by Gasteiger charge is 2.27. The van der Waals surface area contributed by atoms with Crippen LogP contribution in [0.5, 0.6) is 5.88 Å². The van der Waals surface area contributed by atoms with Gasteiger partial charge in [0, 0.05) is 0 Å². The minimum absolute atomic E-state index is 0.0256. The number of primary amides is 1. The molecule has 3 N–H and O–H groups in total. The third kappa shape index (κ3) is 1.41. The second-order valence-electron chi connectivity index (χ2n) is 2.73. The van der Waals surface area contributed by atoms with Gasteiger partial charge in [-0.15, -0.1) is 11.3 Å². The Labute approximate surface area is 83.1 Å². The van der Waals surface area contributed by atoms with E-state index >= 15 is 0 Å². The second kappa shape index (κ2) is 3.26. The number of hydrogen-bond acceptors (Lipinski definition) is 5. The molecule has 0 saturated carbocycles. The van der Waals surface area contributed by atoms with Gasteiger partial charge in [0.15, 0.2) is 4.88 Å². The van der Waals surface area contributed by atoms with Gasteiger partial charge in [-0.05, 0) is 0 Å². The third-order valence-electron chi connectivity index (χ3n) is 1.78. The van der Waals surface area contributed by atoms with Crippen molar-refractivity contribution < 1.29 is 14.3 Å². The maximum Gasteiger partial charge on any atom is 0.267 e. The molecule has 0 radical (unpaired) electrons. The Morgan fingerprint density at radius 2 is 2.57 bits per heavy atom. The highest BCUT2D eigenvalue weighted by atomic mass is 32.1. The van der Waals surface area contributed by atoms with E-state index in [1.165, 1.54) is 5.51 Å². The van der Waals surface area contributed by atoms with Crippen LogP contribution in [0.3, 0.4) is 0 Å². The Kier molecular flexibility index (Phi) is 2.08. The van der Waals surface area contributed by atoms with Crippen LogP contribution in [0, 0.1) is 0 Å². The van der Waals surface area contributed by atoms with E-state index < -0.39 is 11.9 Å². The Hall–Kier alpha value is -1.63. The highest BCUT2D eigenvalue weighted by Crippen LogP contribution is 2.22. The van der Waals surface area contributed by atoms with E-state index in [9.17, 15) is 9.59 Å². The van der Waals surface area contributed by atoms with Crippen molar-refractivity contribution >= 4 is 23.2 Å². The van der Waals surface area contributed by atoms with Crippen molar-refractivity contribution in [3.8, 4) is 5.88 Å². The van der Waals surface area contributed by atoms with Crippen LogP contribution in [-0.4, -0.2) is 29.4 Å². The van der Waals surface area contributed by atoms with Crippen LogP contribution in [0.4, 0.5) is 0 Å². The molecule has 2 rings (SSSR count). The summed E-state index contributed by atoms with van der Waals surface area (Å²) in [6.07, 6.45) is 0. The molecule has 0 aromatic carbocycles. The summed E-state index contributed by atoms with van der Waals surface area (Å²) in [5, 5.41) is 2.45. The Bertz CT molecular complexity index is 389. The van der Waals surface area contributed by atoms with Gasteiger partial charge in [0.1, 0.15) is 12.6 Å². The van der Waals surface area contributed by atoms with Gasteiger partial charge in [0.2, 0.25) is 11.8 Å². The van der Waals surface area contributed by atoms with E-state index in [0.29, 0.717) is 4.88 Å². The van der Waals surface area contributed by atoms with Crippen LogP contribution in [0.1, 0.15) is 9.67 Å². The SMILES string of the molecule is NC(=O)C1COc2ncsc2C(=O)N1. The number of rotatable bonds is 1. The van der Waals surface area contributed by atoms with Crippen molar-refractivity contribution in [3.05, 3.63) is 10.4 Å². The van der Waals surface area contributed by atoms with Gasteiger partial charge in [-0.1, -0.05) is 0 Å². The first-order chi connectivity index (χ1) is 6.68. The number of hydrogen-bond donors (Lipinski definition) is 2. The molecule has 1 aliphatic heterocycles. The van der Waals surface area contributed by atoms with E-state index in [0.717, 1.165) is 11.3 Å². The number of amides is 2. The van der Waals surface area contributed by atoms with Gasteiger partial charge in [-0.25, -0.2) is 4.98 Å². The zero-order chi connectivity index (χ0) is 10.1. The molecule has 14 heavy (non-hydrogen) atoms. The number of nitrogens with one attached hydrogen (secondary N) is 1. The van der Waals surface area contributed by atoms with E-state index in [1.54, 1.807) is 0 Å². The molecule has 1 aliphatic rings. The van der Waals surface area contributed by atoms with E-state index in [1.807, 2.05) is 0 Å². The Balaban J connectivity index is 2.27. The molecular formula is C7H7N3O3S. The van der Waals surface area contributed by atoms with Crippen LogP contribution in [0.2, 0.25) is 0 Å². The zero-order valence-corrected chi connectivity index (χ0v) is 7.84. The highest BCUT2D eigenvalue weighted by molar-refractivity contribution is 7.12. The number of nitrogens with zero attached hydrogens (tertiary/aromatic N) is 1. The van der Waals surface area contributed by atoms with Gasteiger partial charge in [-0.2, -0.15) is 0 Å². The number of fused-ring (bicyclic) bond motifs is 1. The van der Waals surface area contributed by atoms with Gasteiger partial charge >= 0.3 is 0 Å². The Morgan fingerprint density at radius 3 is 3.29 bits per heavy atom. The summed E-state index contributed by atoms with van der Waals surface area (Å²) in [5.41, 5.74) is 6.56. The molecule has 1 unspecified atom stereocenters. The van der Waals surface area contributed by atoms with Crippen LogP contribution in [0.15, 0.2) is 5.51 Å². The van der Waals surface area contributed by atoms with Crippen molar-refractivity contribution in [1.29, 1.82) is 0 Å². The molecule has 74 valence electrons. The predicted octanol–water partition coefficient (Wildman–Crippen LogP) is -0.881. The first-order valence-corrected chi connectivity index (χ1v) is 4.73. The molecule has 7 heteroatoms. The second-order valence-corrected chi connectivity index (χ2v) is 3.58. The molecule has 0 fully saturated rings. The fourth-order valence-corrected chi connectivity index (χ4v) is 1.70. The van der Waals surface area contributed by atoms with E-state index in [4.69, 9.17) is 10.5 Å². The lowest BCUT2D eigenvalue weighted by molar-refractivity contribution is -0.120. The molecule has 1 atom stereocenters. The predicted molar refractivity (Wildman–Crippen MR) is 48.1 cm³/mol. The standard InChI is InChI=1S/C7H7N3O3S/c8-5(11)3-1-13-7-4(6(12)10-3)14-2-9-7/h2-3H,1H2,(H2,8,11)(H,10,12). The summed E-state index contributed by atoms with van der Waals surface area (Å²) < 4.78 is 5.15. The summed E-state index contributed by atoms with van der Waals surface area (Å²) >= 11 is 1.16. The monoisotopic (exact) mass is 213 g/mol. The number of carbonyl (C=O) groups is 2. The summed E-state index contributed by atoms with van der Waals surface area (Å²) in [7, 11) is 0. The zero-order valence-electron chi connectivity index (χ0n) is 7.02. The molecule has 0 aliphatic carbocycles. The molecule has 1 aromatic rings. The van der Waals surface area contributed by atoms with Crippen molar-refractivity contribution in [2.45, 2.75) is 6.04 Å². The Morgan fingerprint density at radius 1 is 1.79 bits per heavy atom. The topological polar surface area (TPSA) is 94.3 Å². The molecule has 1 aromatic heterocycles. The molecule has 0 bridgehead atoms. The average molecular weight is 213 g/mol. The lowest BCUT2D eigenvalue weighted by Crippen LogP contribution is -2.46. The number of carbonyl (C=O) groups excluding carboxylic acids is 2. The van der Waals surface area contributed by atoms with Gasteiger partial charge in [0.25, 0.3) is 5.91 Å². The van der Waals surface area contributed by atoms with Crippen molar-refractivity contribution in [3.63, 3.8) is 0 Å². The lowest BCUT2D eigenvalue weighted by atomic mass is 10.3. The average Bonchev–Trinajstić information content (AvgIpc) is 2.54. The first kappa shape index (κ1) is 8.95. The minimum atomic E-state index is -0.788. The van der Waals surface area contributed by atoms with Crippen LogP contribution in [-0.2, 0) is 4.79 Å². The van der Waals surface area contributed by atoms with Crippen molar-refractivity contribution in [1.82, 2.24) is 10.3 Å². The van der Waals surface area contributed by atoms with Crippen molar-refractivity contribution in [2.75, 3.05) is 6.61 Å².